The van der Waals surface area contributed by atoms with Gasteiger partial charge in [0.25, 0.3) is 0 Å². The van der Waals surface area contributed by atoms with Gasteiger partial charge >= 0.3 is 0 Å². The molecule has 0 amide bonds. The van der Waals surface area contributed by atoms with E-state index in [9.17, 15) is 4.39 Å². The summed E-state index contributed by atoms with van der Waals surface area (Å²) in [5.41, 5.74) is 1.64. The highest BCUT2D eigenvalue weighted by atomic mass is 19.1. The first kappa shape index (κ1) is 11.1. The number of nitrogens with zero attached hydrogens (tertiary/aromatic N) is 2. The Morgan fingerprint density at radius 3 is 2.82 bits per heavy atom. The molecule has 0 saturated heterocycles. The molecular weight excluding hydrogens is 219 g/mol. The lowest BCUT2D eigenvalue weighted by atomic mass is 10.1. The van der Waals surface area contributed by atoms with E-state index in [-0.39, 0.29) is 5.82 Å². The van der Waals surface area contributed by atoms with Crippen molar-refractivity contribution in [3.8, 4) is 23.1 Å². The van der Waals surface area contributed by atoms with Crippen molar-refractivity contribution in [2.75, 3.05) is 7.11 Å². The van der Waals surface area contributed by atoms with Gasteiger partial charge in [-0.3, -0.25) is 0 Å². The number of hydrogen-bond donors (Lipinski definition) is 0. The summed E-state index contributed by atoms with van der Waals surface area (Å²) in [6.07, 6.45) is 1.42. The lowest BCUT2D eigenvalue weighted by Crippen LogP contribution is -1.93. The van der Waals surface area contributed by atoms with Crippen LogP contribution in [0.2, 0.25) is 0 Å². The molecule has 17 heavy (non-hydrogen) atoms. The minimum Gasteiger partial charge on any atom is -0.481 e. The summed E-state index contributed by atoms with van der Waals surface area (Å²) < 4.78 is 18.2. The van der Waals surface area contributed by atoms with E-state index >= 15 is 0 Å². The predicted octanol–water partition coefficient (Wildman–Crippen LogP) is 2.77. The van der Waals surface area contributed by atoms with E-state index in [1.807, 2.05) is 6.07 Å². The highest BCUT2D eigenvalue weighted by Gasteiger charge is 2.09. The summed E-state index contributed by atoms with van der Waals surface area (Å²) in [6, 6.07) is 9.69. The molecule has 0 radical (unpaired) electrons. The molecule has 0 aliphatic carbocycles. The highest BCUT2D eigenvalue weighted by Crippen LogP contribution is 2.28. The average Bonchev–Trinajstić information content (AvgIpc) is 2.38. The molecule has 0 atom stereocenters. The molecule has 4 heteroatoms. The maximum absolute atomic E-state index is 13.1. The van der Waals surface area contributed by atoms with Crippen LogP contribution in [0.1, 0.15) is 5.56 Å². The van der Waals surface area contributed by atoms with Gasteiger partial charge in [0, 0.05) is 11.8 Å². The number of halogens is 1. The van der Waals surface area contributed by atoms with Crippen LogP contribution in [0.25, 0.3) is 11.1 Å². The molecule has 84 valence electrons. The Bertz CT molecular complexity index is 590. The zero-order valence-electron chi connectivity index (χ0n) is 9.14. The van der Waals surface area contributed by atoms with E-state index < -0.39 is 0 Å². The first-order chi connectivity index (χ1) is 8.24. The molecule has 0 spiro atoms. The van der Waals surface area contributed by atoms with Crippen molar-refractivity contribution in [3.63, 3.8) is 0 Å². The molecule has 2 rings (SSSR count). The summed E-state index contributed by atoms with van der Waals surface area (Å²) >= 11 is 0. The fraction of sp³-hybridized carbons (Fsp3) is 0.0769. The molecule has 0 aliphatic heterocycles. The zero-order chi connectivity index (χ0) is 12.3. The van der Waals surface area contributed by atoms with Crippen LogP contribution in [-0.2, 0) is 0 Å². The van der Waals surface area contributed by atoms with Crippen LogP contribution >= 0.6 is 0 Å². The quantitative estimate of drug-likeness (QED) is 0.793. The number of methoxy groups -OCH3 is 1. The summed E-state index contributed by atoms with van der Waals surface area (Å²) in [4.78, 5) is 4.01. The van der Waals surface area contributed by atoms with Crippen molar-refractivity contribution in [1.82, 2.24) is 4.98 Å². The van der Waals surface area contributed by atoms with E-state index in [0.717, 1.165) is 0 Å². The molecule has 1 aromatic carbocycles. The van der Waals surface area contributed by atoms with Gasteiger partial charge in [0.05, 0.1) is 12.7 Å². The molecule has 1 heterocycles. The standard InChI is InChI=1S/C13H9FN2O/c1-17-13-12(5-9(7-15)8-16-13)10-3-2-4-11(14)6-10/h2-6,8H,1H3. The smallest absolute Gasteiger partial charge is 0.221 e. The molecule has 0 bridgehead atoms. The monoisotopic (exact) mass is 228 g/mol. The number of aromatic nitrogens is 1. The molecule has 2 aromatic rings. The maximum atomic E-state index is 13.1. The number of pyridine rings is 1. The minimum absolute atomic E-state index is 0.341. The van der Waals surface area contributed by atoms with Crippen molar-refractivity contribution in [2.45, 2.75) is 0 Å². The van der Waals surface area contributed by atoms with Gasteiger partial charge in [-0.15, -0.1) is 0 Å². The molecule has 0 fully saturated rings. The number of nitriles is 1. The second-order valence-corrected chi connectivity index (χ2v) is 3.40. The fourth-order valence-electron chi connectivity index (χ4n) is 1.54. The Balaban J connectivity index is 2.61. The number of ether oxygens (including phenoxy) is 1. The van der Waals surface area contributed by atoms with Crippen LogP contribution in [0, 0.1) is 17.1 Å². The predicted molar refractivity (Wildman–Crippen MR) is 60.9 cm³/mol. The first-order valence-electron chi connectivity index (χ1n) is 4.94. The third-order valence-corrected chi connectivity index (χ3v) is 2.31. The van der Waals surface area contributed by atoms with Crippen LogP contribution in [0.3, 0.4) is 0 Å². The summed E-state index contributed by atoms with van der Waals surface area (Å²) in [5.74, 6) is 0.0292. The van der Waals surface area contributed by atoms with Crippen molar-refractivity contribution < 1.29 is 9.13 Å². The van der Waals surface area contributed by atoms with Gasteiger partial charge in [0.2, 0.25) is 5.88 Å². The minimum atomic E-state index is -0.341. The van der Waals surface area contributed by atoms with Crippen molar-refractivity contribution >= 4 is 0 Å². The number of hydrogen-bond acceptors (Lipinski definition) is 3. The normalized spacial score (nSPS) is 9.71. The molecule has 3 nitrogen and oxygen atoms in total. The van der Waals surface area contributed by atoms with Crippen molar-refractivity contribution in [1.29, 1.82) is 5.26 Å². The Hall–Kier alpha value is -2.41. The molecule has 0 unspecified atom stereocenters. The summed E-state index contributed by atoms with van der Waals surface area (Å²) in [7, 11) is 1.48. The average molecular weight is 228 g/mol. The molecule has 0 N–H and O–H groups in total. The van der Waals surface area contributed by atoms with Crippen LogP contribution in [-0.4, -0.2) is 12.1 Å². The first-order valence-corrected chi connectivity index (χ1v) is 4.94. The van der Waals surface area contributed by atoms with E-state index in [2.05, 4.69) is 4.98 Å². The van der Waals surface area contributed by atoms with E-state index in [4.69, 9.17) is 10.00 Å². The van der Waals surface area contributed by atoms with Crippen molar-refractivity contribution in [3.05, 3.63) is 47.9 Å². The van der Waals surface area contributed by atoms with Gasteiger partial charge < -0.3 is 4.74 Å². The maximum Gasteiger partial charge on any atom is 0.221 e. The van der Waals surface area contributed by atoms with Gasteiger partial charge in [0.15, 0.2) is 0 Å². The lowest BCUT2D eigenvalue weighted by Gasteiger charge is -2.07. The third kappa shape index (κ3) is 2.23. The fourth-order valence-corrected chi connectivity index (χ4v) is 1.54. The van der Waals surface area contributed by atoms with E-state index in [1.165, 1.54) is 25.4 Å². The largest absolute Gasteiger partial charge is 0.481 e. The Kier molecular flexibility index (Phi) is 3.01. The van der Waals surface area contributed by atoms with E-state index in [1.54, 1.807) is 18.2 Å². The molecule has 1 aromatic heterocycles. The van der Waals surface area contributed by atoms with Crippen molar-refractivity contribution in [2.24, 2.45) is 0 Å². The number of benzene rings is 1. The molecular formula is C13H9FN2O. The van der Waals surface area contributed by atoms with Crippen LogP contribution in [0.15, 0.2) is 36.5 Å². The van der Waals surface area contributed by atoms with Crippen LogP contribution in [0.4, 0.5) is 4.39 Å². The Morgan fingerprint density at radius 2 is 2.18 bits per heavy atom. The molecule has 0 aliphatic rings. The SMILES string of the molecule is COc1ncc(C#N)cc1-c1cccc(F)c1. The van der Waals surface area contributed by atoms with Crippen LogP contribution in [0.5, 0.6) is 5.88 Å². The van der Waals surface area contributed by atoms with Gasteiger partial charge in [-0.2, -0.15) is 5.26 Å². The van der Waals surface area contributed by atoms with Gasteiger partial charge in [-0.1, -0.05) is 12.1 Å². The second kappa shape index (κ2) is 4.62. The Morgan fingerprint density at radius 1 is 1.35 bits per heavy atom. The highest BCUT2D eigenvalue weighted by molar-refractivity contribution is 5.69. The lowest BCUT2D eigenvalue weighted by molar-refractivity contribution is 0.399. The van der Waals surface area contributed by atoms with Crippen LogP contribution < -0.4 is 4.74 Å². The van der Waals surface area contributed by atoms with E-state index in [0.29, 0.717) is 22.6 Å². The third-order valence-electron chi connectivity index (χ3n) is 2.31. The summed E-state index contributed by atoms with van der Waals surface area (Å²) in [5, 5.41) is 8.82. The second-order valence-electron chi connectivity index (χ2n) is 3.40. The topological polar surface area (TPSA) is 45.9 Å². The van der Waals surface area contributed by atoms with Gasteiger partial charge in [0.1, 0.15) is 11.9 Å². The van der Waals surface area contributed by atoms with Gasteiger partial charge in [-0.25, -0.2) is 9.37 Å². The number of rotatable bonds is 2. The summed E-state index contributed by atoms with van der Waals surface area (Å²) in [6.45, 7) is 0. The van der Waals surface area contributed by atoms with Gasteiger partial charge in [-0.05, 0) is 23.8 Å². The Labute approximate surface area is 98.1 Å². The zero-order valence-corrected chi connectivity index (χ0v) is 9.14. The molecule has 0 saturated carbocycles.